The molecule has 3 aromatic rings. The fourth-order valence-corrected chi connectivity index (χ4v) is 2.02. The lowest BCUT2D eigenvalue weighted by atomic mass is 10.2. The lowest BCUT2D eigenvalue weighted by molar-refractivity contribution is 0.514. The van der Waals surface area contributed by atoms with E-state index in [1.165, 1.54) is 12.1 Å². The maximum absolute atomic E-state index is 13.2. The summed E-state index contributed by atoms with van der Waals surface area (Å²) in [5.74, 6) is 0.264. The highest BCUT2D eigenvalue weighted by Gasteiger charge is 2.17. The monoisotopic (exact) mass is 287 g/mol. The van der Waals surface area contributed by atoms with Crippen LogP contribution in [0.25, 0.3) is 11.5 Å². The molecule has 0 saturated carbocycles. The largest absolute Gasteiger partial charge is 0.419 e. The molecule has 0 fully saturated rings. The van der Waals surface area contributed by atoms with Crippen LogP contribution < -0.4 is 0 Å². The van der Waals surface area contributed by atoms with Crippen molar-refractivity contribution >= 4 is 12.6 Å². The molecule has 3 rings (SSSR count). The molecule has 0 amide bonds. The lowest BCUT2D eigenvalue weighted by Gasteiger charge is -2.04. The van der Waals surface area contributed by atoms with Gasteiger partial charge in [-0.1, -0.05) is 12.1 Å². The van der Waals surface area contributed by atoms with Gasteiger partial charge in [-0.05, 0) is 29.8 Å². The van der Waals surface area contributed by atoms with Gasteiger partial charge in [0.05, 0.1) is 0 Å². The van der Waals surface area contributed by atoms with Crippen molar-refractivity contribution in [2.75, 3.05) is 0 Å². The number of hydrogen-bond donors (Lipinski definition) is 1. The molecule has 20 heavy (non-hydrogen) atoms. The second-order valence-corrected chi connectivity index (χ2v) is 4.66. The second kappa shape index (κ2) is 5.42. The maximum Gasteiger partial charge on any atom is 0.247 e. The van der Waals surface area contributed by atoms with Gasteiger partial charge in [0, 0.05) is 18.0 Å². The Morgan fingerprint density at radius 3 is 2.80 bits per heavy atom. The first-order valence-electron chi connectivity index (χ1n) is 5.91. The van der Waals surface area contributed by atoms with Crippen LogP contribution in [0, 0.1) is 5.82 Å². The molecule has 0 N–H and O–H groups in total. The Hall–Kier alpha value is -2.21. The van der Waals surface area contributed by atoms with Crippen LogP contribution in [0.5, 0.6) is 0 Å². The number of pyridine rings is 1. The van der Waals surface area contributed by atoms with Crippen LogP contribution in [-0.2, 0) is 0 Å². The van der Waals surface area contributed by atoms with E-state index in [-0.39, 0.29) is 17.0 Å². The average molecular weight is 287 g/mol. The van der Waals surface area contributed by atoms with Gasteiger partial charge in [0.1, 0.15) is 11.1 Å². The Kier molecular flexibility index (Phi) is 3.47. The Labute approximate surface area is 120 Å². The van der Waals surface area contributed by atoms with E-state index in [2.05, 4.69) is 27.8 Å². The summed E-state index contributed by atoms with van der Waals surface area (Å²) in [6.45, 7) is 0. The van der Waals surface area contributed by atoms with Crippen molar-refractivity contribution in [2.24, 2.45) is 0 Å². The summed E-state index contributed by atoms with van der Waals surface area (Å²) in [6.07, 6.45) is 3.36. The minimum atomic E-state index is -0.362. The third-order valence-corrected chi connectivity index (χ3v) is 3.27. The molecular formula is C14H10FN3OS. The van der Waals surface area contributed by atoms with E-state index < -0.39 is 0 Å². The predicted octanol–water partition coefficient (Wildman–Crippen LogP) is 3.29. The maximum atomic E-state index is 13.2. The number of rotatable bonds is 3. The van der Waals surface area contributed by atoms with Crippen molar-refractivity contribution in [1.82, 2.24) is 15.2 Å². The molecule has 1 unspecified atom stereocenters. The minimum Gasteiger partial charge on any atom is -0.419 e. The first-order chi connectivity index (χ1) is 9.74. The van der Waals surface area contributed by atoms with E-state index in [4.69, 9.17) is 4.42 Å². The zero-order chi connectivity index (χ0) is 13.9. The molecule has 2 heterocycles. The fraction of sp³-hybridized carbons (Fsp3) is 0.0714. The van der Waals surface area contributed by atoms with E-state index in [0.717, 1.165) is 5.56 Å². The van der Waals surface area contributed by atoms with Crippen molar-refractivity contribution in [1.29, 1.82) is 0 Å². The molecule has 4 nitrogen and oxygen atoms in total. The van der Waals surface area contributed by atoms with Gasteiger partial charge < -0.3 is 4.42 Å². The summed E-state index contributed by atoms with van der Waals surface area (Å²) in [5.41, 5.74) is 1.39. The summed E-state index contributed by atoms with van der Waals surface area (Å²) in [5, 5.41) is 7.51. The van der Waals surface area contributed by atoms with E-state index >= 15 is 0 Å². The molecule has 0 aliphatic carbocycles. The predicted molar refractivity (Wildman–Crippen MR) is 74.8 cm³/mol. The molecule has 0 saturated heterocycles. The van der Waals surface area contributed by atoms with Crippen LogP contribution in [0.3, 0.4) is 0 Å². The van der Waals surface area contributed by atoms with Crippen molar-refractivity contribution < 1.29 is 8.81 Å². The summed E-state index contributed by atoms with van der Waals surface area (Å²) in [7, 11) is 0. The first-order valence-corrected chi connectivity index (χ1v) is 6.43. The molecule has 0 radical (unpaired) electrons. The number of aromatic nitrogens is 3. The third kappa shape index (κ3) is 2.55. The van der Waals surface area contributed by atoms with Gasteiger partial charge in [-0.2, -0.15) is 12.6 Å². The van der Waals surface area contributed by atoms with Crippen LogP contribution in [0.1, 0.15) is 16.7 Å². The van der Waals surface area contributed by atoms with Crippen molar-refractivity contribution in [2.45, 2.75) is 5.25 Å². The van der Waals surface area contributed by atoms with Crippen LogP contribution in [-0.4, -0.2) is 15.2 Å². The van der Waals surface area contributed by atoms with Crippen LogP contribution >= 0.6 is 12.6 Å². The minimum absolute atomic E-state index is 0.266. The smallest absolute Gasteiger partial charge is 0.247 e. The Balaban J connectivity index is 1.91. The van der Waals surface area contributed by atoms with E-state index in [0.29, 0.717) is 11.5 Å². The van der Waals surface area contributed by atoms with Crippen molar-refractivity contribution in [3.63, 3.8) is 0 Å². The van der Waals surface area contributed by atoms with Crippen molar-refractivity contribution in [3.8, 4) is 11.5 Å². The molecule has 0 aliphatic heterocycles. The molecule has 6 heteroatoms. The van der Waals surface area contributed by atoms with Crippen LogP contribution in [0.2, 0.25) is 0 Å². The molecule has 100 valence electrons. The van der Waals surface area contributed by atoms with Gasteiger partial charge in [-0.15, -0.1) is 10.2 Å². The lowest BCUT2D eigenvalue weighted by Crippen LogP contribution is -1.94. The molecule has 0 spiro atoms. The number of benzene rings is 1. The van der Waals surface area contributed by atoms with Gasteiger partial charge in [0.15, 0.2) is 0 Å². The molecule has 0 aliphatic rings. The zero-order valence-corrected chi connectivity index (χ0v) is 11.2. The molecule has 1 aromatic carbocycles. The van der Waals surface area contributed by atoms with Crippen LogP contribution in [0.4, 0.5) is 4.39 Å². The van der Waals surface area contributed by atoms with E-state index in [9.17, 15) is 4.39 Å². The van der Waals surface area contributed by atoms with E-state index in [1.54, 1.807) is 24.5 Å². The number of nitrogens with zero attached hydrogens (tertiary/aromatic N) is 3. The van der Waals surface area contributed by atoms with Gasteiger partial charge in [0.2, 0.25) is 11.8 Å². The van der Waals surface area contributed by atoms with Crippen LogP contribution in [0.15, 0.2) is 53.2 Å². The number of halogens is 1. The fourth-order valence-electron chi connectivity index (χ4n) is 1.76. The highest BCUT2D eigenvalue weighted by molar-refractivity contribution is 7.80. The molecule has 0 bridgehead atoms. The van der Waals surface area contributed by atoms with Gasteiger partial charge in [0.25, 0.3) is 0 Å². The Bertz CT molecular complexity index is 717. The summed E-state index contributed by atoms with van der Waals surface area (Å²) >= 11 is 4.44. The first kappa shape index (κ1) is 12.8. The Morgan fingerprint density at radius 1 is 1.15 bits per heavy atom. The Morgan fingerprint density at radius 2 is 2.05 bits per heavy atom. The molecular weight excluding hydrogens is 277 g/mol. The highest BCUT2D eigenvalue weighted by Crippen LogP contribution is 2.29. The van der Waals surface area contributed by atoms with Gasteiger partial charge in [-0.25, -0.2) is 4.39 Å². The third-order valence-electron chi connectivity index (χ3n) is 2.75. The topological polar surface area (TPSA) is 51.8 Å². The summed E-state index contributed by atoms with van der Waals surface area (Å²) in [6, 6.07) is 9.68. The second-order valence-electron chi connectivity index (χ2n) is 4.14. The van der Waals surface area contributed by atoms with Gasteiger partial charge >= 0.3 is 0 Å². The SMILES string of the molecule is Fc1cccc(-c2nnc(C(S)c3cccnc3)o2)c1. The van der Waals surface area contributed by atoms with Crippen molar-refractivity contribution in [3.05, 3.63) is 66.1 Å². The van der Waals surface area contributed by atoms with Gasteiger partial charge in [-0.3, -0.25) is 4.98 Å². The zero-order valence-electron chi connectivity index (χ0n) is 10.3. The molecule has 1 atom stereocenters. The normalized spacial score (nSPS) is 12.3. The molecule has 2 aromatic heterocycles. The quantitative estimate of drug-likeness (QED) is 0.751. The average Bonchev–Trinajstić information content (AvgIpc) is 2.97. The highest BCUT2D eigenvalue weighted by atomic mass is 32.1. The van der Waals surface area contributed by atoms with E-state index in [1.807, 2.05) is 12.1 Å². The summed E-state index contributed by atoms with van der Waals surface area (Å²) < 4.78 is 18.7. The standard InChI is InChI=1S/C14H10FN3OS/c15-11-5-1-3-9(7-11)13-17-18-14(19-13)12(20)10-4-2-6-16-8-10/h1-8,12,20H. The number of thiol groups is 1. The summed E-state index contributed by atoms with van der Waals surface area (Å²) in [4.78, 5) is 4.02. The number of hydrogen-bond acceptors (Lipinski definition) is 5.